The Morgan fingerprint density at radius 3 is 2.53 bits per heavy atom. The fourth-order valence-electron chi connectivity index (χ4n) is 1.78. The summed E-state index contributed by atoms with van der Waals surface area (Å²) >= 11 is 5.81. The molecule has 0 saturated heterocycles. The molecule has 0 radical (unpaired) electrons. The first-order valence-electron chi connectivity index (χ1n) is 6.02. The van der Waals surface area contributed by atoms with Crippen LogP contribution in [0, 0.1) is 5.82 Å². The Morgan fingerprint density at radius 2 is 1.89 bits per heavy atom. The van der Waals surface area contributed by atoms with E-state index in [4.69, 9.17) is 22.1 Å². The molecule has 0 aromatic heterocycles. The van der Waals surface area contributed by atoms with Gasteiger partial charge in [0, 0.05) is 11.1 Å². The molecule has 2 nitrogen and oxygen atoms in total. The first-order valence-corrected chi connectivity index (χ1v) is 6.40. The zero-order valence-electron chi connectivity index (χ0n) is 10.6. The quantitative estimate of drug-likeness (QED) is 0.912. The fraction of sp³-hybridized carbons (Fsp3) is 0.200. The molecular formula is C15H15ClFNO. The number of nitrogens with two attached hydrogens (primary N) is 1. The molecule has 19 heavy (non-hydrogen) atoms. The maximum atomic E-state index is 13.3. The summed E-state index contributed by atoms with van der Waals surface area (Å²) in [5, 5.41) is 0.641. The Morgan fingerprint density at radius 1 is 1.21 bits per heavy atom. The van der Waals surface area contributed by atoms with Crippen LogP contribution in [0.5, 0.6) is 11.5 Å². The largest absolute Gasteiger partial charge is 0.457 e. The maximum absolute atomic E-state index is 13.3. The van der Waals surface area contributed by atoms with Gasteiger partial charge in [-0.15, -0.1) is 0 Å². The molecule has 1 atom stereocenters. The minimum absolute atomic E-state index is 0.0608. The van der Waals surface area contributed by atoms with Crippen molar-refractivity contribution in [3.63, 3.8) is 0 Å². The molecule has 0 saturated carbocycles. The second-order valence-corrected chi connectivity index (χ2v) is 4.93. The third-order valence-electron chi connectivity index (χ3n) is 2.61. The highest BCUT2D eigenvalue weighted by Crippen LogP contribution is 2.27. The van der Waals surface area contributed by atoms with Crippen LogP contribution in [0.2, 0.25) is 5.02 Å². The molecule has 0 aliphatic carbocycles. The standard InChI is InChI=1S/C15H15ClFNO/c1-10(18)8-11-9-13(17)4-7-15(11)19-14-5-2-12(16)3-6-14/h2-7,9-10H,8,18H2,1H3. The number of hydrogen-bond acceptors (Lipinski definition) is 2. The van der Waals surface area contributed by atoms with Crippen molar-refractivity contribution >= 4 is 11.6 Å². The topological polar surface area (TPSA) is 35.2 Å². The monoisotopic (exact) mass is 279 g/mol. The summed E-state index contributed by atoms with van der Waals surface area (Å²) in [5.41, 5.74) is 6.52. The predicted octanol–water partition coefficient (Wildman–Crippen LogP) is 4.16. The second-order valence-electron chi connectivity index (χ2n) is 4.49. The zero-order valence-corrected chi connectivity index (χ0v) is 11.3. The average molecular weight is 280 g/mol. The second kappa shape index (κ2) is 6.04. The van der Waals surface area contributed by atoms with Crippen LogP contribution in [0.3, 0.4) is 0 Å². The van der Waals surface area contributed by atoms with Crippen molar-refractivity contribution in [3.05, 3.63) is 58.9 Å². The molecule has 2 N–H and O–H groups in total. The van der Waals surface area contributed by atoms with Gasteiger partial charge in [-0.2, -0.15) is 0 Å². The molecule has 0 amide bonds. The van der Waals surface area contributed by atoms with E-state index in [9.17, 15) is 4.39 Å². The van der Waals surface area contributed by atoms with E-state index in [0.29, 0.717) is 22.9 Å². The van der Waals surface area contributed by atoms with Crippen LogP contribution in [-0.2, 0) is 6.42 Å². The van der Waals surface area contributed by atoms with E-state index in [1.807, 2.05) is 6.92 Å². The van der Waals surface area contributed by atoms with Gasteiger partial charge in [0.2, 0.25) is 0 Å². The maximum Gasteiger partial charge on any atom is 0.130 e. The third-order valence-corrected chi connectivity index (χ3v) is 2.86. The van der Waals surface area contributed by atoms with E-state index >= 15 is 0 Å². The van der Waals surface area contributed by atoms with Crippen molar-refractivity contribution in [2.24, 2.45) is 5.73 Å². The number of ether oxygens (including phenoxy) is 1. The van der Waals surface area contributed by atoms with E-state index in [-0.39, 0.29) is 11.9 Å². The summed E-state index contributed by atoms with van der Waals surface area (Å²) in [5.74, 6) is 0.974. The third kappa shape index (κ3) is 3.94. The lowest BCUT2D eigenvalue weighted by atomic mass is 10.1. The summed E-state index contributed by atoms with van der Waals surface area (Å²) in [6, 6.07) is 11.4. The number of benzene rings is 2. The highest BCUT2D eigenvalue weighted by atomic mass is 35.5. The van der Waals surface area contributed by atoms with Crippen LogP contribution in [0.1, 0.15) is 12.5 Å². The van der Waals surface area contributed by atoms with Gasteiger partial charge in [0.15, 0.2) is 0 Å². The van der Waals surface area contributed by atoms with Crippen LogP contribution >= 0.6 is 11.6 Å². The van der Waals surface area contributed by atoms with Crippen molar-refractivity contribution in [2.75, 3.05) is 0 Å². The first-order chi connectivity index (χ1) is 9.04. The molecule has 100 valence electrons. The summed E-state index contributed by atoms with van der Waals surface area (Å²) in [7, 11) is 0. The van der Waals surface area contributed by atoms with E-state index < -0.39 is 0 Å². The van der Waals surface area contributed by atoms with Crippen molar-refractivity contribution in [3.8, 4) is 11.5 Å². The predicted molar refractivity (Wildman–Crippen MR) is 75.3 cm³/mol. The minimum Gasteiger partial charge on any atom is -0.457 e. The Hall–Kier alpha value is -1.58. The molecule has 0 fully saturated rings. The van der Waals surface area contributed by atoms with Crippen molar-refractivity contribution in [1.82, 2.24) is 0 Å². The number of halogens is 2. The van der Waals surface area contributed by atoms with E-state index in [1.54, 1.807) is 30.3 Å². The van der Waals surface area contributed by atoms with Gasteiger partial charge in [0.25, 0.3) is 0 Å². The first kappa shape index (κ1) is 13.8. The van der Waals surface area contributed by atoms with Crippen molar-refractivity contribution in [2.45, 2.75) is 19.4 Å². The smallest absolute Gasteiger partial charge is 0.130 e. The van der Waals surface area contributed by atoms with Crippen LogP contribution < -0.4 is 10.5 Å². The van der Waals surface area contributed by atoms with E-state index in [2.05, 4.69) is 0 Å². The average Bonchev–Trinajstić information content (AvgIpc) is 2.34. The molecule has 2 aromatic carbocycles. The van der Waals surface area contributed by atoms with Gasteiger partial charge in [-0.05, 0) is 61.4 Å². The molecule has 2 aromatic rings. The van der Waals surface area contributed by atoms with Gasteiger partial charge in [0.1, 0.15) is 17.3 Å². The number of rotatable bonds is 4. The molecule has 0 aliphatic heterocycles. The Kier molecular flexibility index (Phi) is 4.40. The Bertz CT molecular complexity index is 555. The number of hydrogen-bond donors (Lipinski definition) is 1. The van der Waals surface area contributed by atoms with Gasteiger partial charge in [-0.3, -0.25) is 0 Å². The summed E-state index contributed by atoms with van der Waals surface area (Å²) in [6.45, 7) is 1.87. The summed E-state index contributed by atoms with van der Waals surface area (Å²) < 4.78 is 19.0. The lowest BCUT2D eigenvalue weighted by Crippen LogP contribution is -2.18. The lowest BCUT2D eigenvalue weighted by Gasteiger charge is -2.13. The molecule has 0 spiro atoms. The highest BCUT2D eigenvalue weighted by Gasteiger charge is 2.09. The zero-order chi connectivity index (χ0) is 13.8. The van der Waals surface area contributed by atoms with Gasteiger partial charge < -0.3 is 10.5 Å². The molecule has 0 aliphatic rings. The molecule has 0 bridgehead atoms. The van der Waals surface area contributed by atoms with Gasteiger partial charge in [-0.1, -0.05) is 11.6 Å². The van der Waals surface area contributed by atoms with Crippen LogP contribution in [0.25, 0.3) is 0 Å². The van der Waals surface area contributed by atoms with Gasteiger partial charge in [-0.25, -0.2) is 4.39 Å². The van der Waals surface area contributed by atoms with Gasteiger partial charge >= 0.3 is 0 Å². The van der Waals surface area contributed by atoms with Crippen LogP contribution in [0.15, 0.2) is 42.5 Å². The molecule has 2 rings (SSSR count). The van der Waals surface area contributed by atoms with Crippen molar-refractivity contribution < 1.29 is 9.13 Å². The van der Waals surface area contributed by atoms with Crippen LogP contribution in [-0.4, -0.2) is 6.04 Å². The van der Waals surface area contributed by atoms with Crippen LogP contribution in [0.4, 0.5) is 4.39 Å². The van der Waals surface area contributed by atoms with Crippen molar-refractivity contribution in [1.29, 1.82) is 0 Å². The normalized spacial score (nSPS) is 12.2. The summed E-state index contributed by atoms with van der Waals surface area (Å²) in [6.07, 6.45) is 0.556. The highest BCUT2D eigenvalue weighted by molar-refractivity contribution is 6.30. The molecule has 4 heteroatoms. The molecule has 0 heterocycles. The molecular weight excluding hydrogens is 265 g/mol. The minimum atomic E-state index is -0.292. The Balaban J connectivity index is 2.26. The summed E-state index contributed by atoms with van der Waals surface area (Å²) in [4.78, 5) is 0. The molecule has 1 unspecified atom stereocenters. The Labute approximate surface area is 117 Å². The lowest BCUT2D eigenvalue weighted by molar-refractivity contribution is 0.471. The SMILES string of the molecule is CC(N)Cc1cc(F)ccc1Oc1ccc(Cl)cc1. The van der Waals surface area contributed by atoms with Gasteiger partial charge in [0.05, 0.1) is 0 Å². The van der Waals surface area contributed by atoms with E-state index in [0.717, 1.165) is 5.56 Å². The van der Waals surface area contributed by atoms with E-state index in [1.165, 1.54) is 12.1 Å². The fourth-order valence-corrected chi connectivity index (χ4v) is 1.91.